The normalized spacial score (nSPS) is 17.6. The minimum Gasteiger partial charge on any atom is -0.493 e. The number of aromatic nitrogens is 1. The van der Waals surface area contributed by atoms with Crippen molar-refractivity contribution in [3.05, 3.63) is 47.2 Å². The highest BCUT2D eigenvalue weighted by Gasteiger charge is 2.20. The van der Waals surface area contributed by atoms with Crippen molar-refractivity contribution in [2.75, 3.05) is 13.2 Å². The fourth-order valence-corrected chi connectivity index (χ4v) is 2.60. The lowest BCUT2D eigenvalue weighted by Crippen LogP contribution is -2.25. The van der Waals surface area contributed by atoms with Gasteiger partial charge in [-0.3, -0.25) is 0 Å². The molecular weight excluding hydrogens is 252 g/mol. The molecule has 1 unspecified atom stereocenters. The summed E-state index contributed by atoms with van der Waals surface area (Å²) in [4.78, 5) is 4.38. The number of hydrogen-bond acceptors (Lipinski definition) is 4. The van der Waals surface area contributed by atoms with Crippen LogP contribution in [0.3, 0.4) is 0 Å². The number of oxazole rings is 1. The summed E-state index contributed by atoms with van der Waals surface area (Å²) in [6, 6.07) is 8.29. The van der Waals surface area contributed by atoms with Crippen LogP contribution in [0.5, 0.6) is 5.75 Å². The second-order valence-corrected chi connectivity index (χ2v) is 5.25. The van der Waals surface area contributed by atoms with Crippen LogP contribution in [0.1, 0.15) is 35.2 Å². The highest BCUT2D eigenvalue weighted by molar-refractivity contribution is 5.37. The number of ether oxygens (including phenoxy) is 1. The summed E-state index contributed by atoms with van der Waals surface area (Å²) in [7, 11) is 0. The van der Waals surface area contributed by atoms with E-state index in [9.17, 15) is 0 Å². The van der Waals surface area contributed by atoms with E-state index in [1.54, 1.807) is 0 Å². The van der Waals surface area contributed by atoms with Crippen LogP contribution in [0.25, 0.3) is 0 Å². The van der Waals surface area contributed by atoms with Crippen molar-refractivity contribution in [1.29, 1.82) is 0 Å². The van der Waals surface area contributed by atoms with Crippen molar-refractivity contribution in [3.63, 3.8) is 0 Å². The molecule has 0 saturated heterocycles. The van der Waals surface area contributed by atoms with Crippen LogP contribution in [0.15, 0.2) is 28.7 Å². The van der Waals surface area contributed by atoms with E-state index >= 15 is 0 Å². The molecule has 2 aromatic rings. The van der Waals surface area contributed by atoms with E-state index in [4.69, 9.17) is 9.15 Å². The summed E-state index contributed by atoms with van der Waals surface area (Å²) in [5, 5.41) is 3.44. The number of para-hydroxylation sites is 1. The van der Waals surface area contributed by atoms with Gasteiger partial charge in [0.2, 0.25) is 5.89 Å². The molecule has 4 heteroatoms. The first kappa shape index (κ1) is 13.2. The van der Waals surface area contributed by atoms with Gasteiger partial charge in [0.1, 0.15) is 11.5 Å². The zero-order valence-electron chi connectivity index (χ0n) is 12.0. The fraction of sp³-hybridized carbons (Fsp3) is 0.438. The van der Waals surface area contributed by atoms with E-state index in [1.165, 1.54) is 5.56 Å². The Morgan fingerprint density at radius 1 is 1.30 bits per heavy atom. The van der Waals surface area contributed by atoms with Gasteiger partial charge >= 0.3 is 0 Å². The predicted molar refractivity (Wildman–Crippen MR) is 77.0 cm³/mol. The van der Waals surface area contributed by atoms with Gasteiger partial charge in [-0.05, 0) is 31.9 Å². The molecule has 2 heterocycles. The van der Waals surface area contributed by atoms with Crippen LogP contribution < -0.4 is 10.1 Å². The SMILES string of the molecule is Cc1nc(CNCC2CCOc3ccccc32)oc1C. The lowest BCUT2D eigenvalue weighted by molar-refractivity contribution is 0.263. The van der Waals surface area contributed by atoms with Crippen LogP contribution in [0.4, 0.5) is 0 Å². The maximum Gasteiger partial charge on any atom is 0.208 e. The van der Waals surface area contributed by atoms with E-state index in [0.29, 0.717) is 12.5 Å². The molecule has 0 saturated carbocycles. The van der Waals surface area contributed by atoms with Crippen molar-refractivity contribution >= 4 is 0 Å². The Hall–Kier alpha value is -1.81. The van der Waals surface area contributed by atoms with Crippen molar-refractivity contribution in [2.24, 2.45) is 0 Å². The molecule has 0 aliphatic carbocycles. The van der Waals surface area contributed by atoms with Gasteiger partial charge in [-0.15, -0.1) is 0 Å². The van der Waals surface area contributed by atoms with E-state index in [1.807, 2.05) is 26.0 Å². The van der Waals surface area contributed by atoms with Crippen LogP contribution in [0, 0.1) is 13.8 Å². The standard InChI is InChI=1S/C16H20N2O2/c1-11-12(2)20-16(18-11)10-17-9-13-7-8-19-15-6-4-3-5-14(13)15/h3-6,13,17H,7-10H2,1-2H3. The number of rotatable bonds is 4. The summed E-state index contributed by atoms with van der Waals surface area (Å²) < 4.78 is 11.3. The van der Waals surface area contributed by atoms with Gasteiger partial charge in [-0.1, -0.05) is 18.2 Å². The largest absolute Gasteiger partial charge is 0.493 e. The molecule has 1 aliphatic rings. The molecule has 1 aliphatic heterocycles. The molecule has 4 nitrogen and oxygen atoms in total. The first-order chi connectivity index (χ1) is 9.74. The topological polar surface area (TPSA) is 47.3 Å². The van der Waals surface area contributed by atoms with Gasteiger partial charge in [0.25, 0.3) is 0 Å². The van der Waals surface area contributed by atoms with E-state index < -0.39 is 0 Å². The van der Waals surface area contributed by atoms with Gasteiger partial charge in [-0.25, -0.2) is 4.98 Å². The first-order valence-electron chi connectivity index (χ1n) is 7.09. The van der Waals surface area contributed by atoms with Gasteiger partial charge in [0.15, 0.2) is 0 Å². The van der Waals surface area contributed by atoms with E-state index in [2.05, 4.69) is 22.4 Å². The van der Waals surface area contributed by atoms with Gasteiger partial charge in [0, 0.05) is 12.5 Å². The molecule has 106 valence electrons. The number of nitrogens with one attached hydrogen (secondary N) is 1. The third-order valence-electron chi connectivity index (χ3n) is 3.82. The van der Waals surface area contributed by atoms with Crippen molar-refractivity contribution in [3.8, 4) is 5.75 Å². The highest BCUT2D eigenvalue weighted by Crippen LogP contribution is 2.32. The minimum atomic E-state index is 0.497. The lowest BCUT2D eigenvalue weighted by atomic mass is 9.93. The average Bonchev–Trinajstić information content (AvgIpc) is 2.78. The van der Waals surface area contributed by atoms with E-state index in [0.717, 1.165) is 42.7 Å². The third-order valence-corrected chi connectivity index (χ3v) is 3.82. The summed E-state index contributed by atoms with van der Waals surface area (Å²) in [5.41, 5.74) is 2.27. The molecule has 0 fully saturated rings. The monoisotopic (exact) mass is 272 g/mol. The summed E-state index contributed by atoms with van der Waals surface area (Å²) >= 11 is 0. The van der Waals surface area contributed by atoms with Gasteiger partial charge < -0.3 is 14.5 Å². The number of fused-ring (bicyclic) bond motifs is 1. The number of nitrogens with zero attached hydrogens (tertiary/aromatic N) is 1. The van der Waals surface area contributed by atoms with Gasteiger partial charge in [0.05, 0.1) is 18.8 Å². The molecule has 0 spiro atoms. The number of benzene rings is 1. The Kier molecular flexibility index (Phi) is 3.74. The molecule has 20 heavy (non-hydrogen) atoms. The van der Waals surface area contributed by atoms with Crippen LogP contribution in [-0.2, 0) is 6.54 Å². The third kappa shape index (κ3) is 2.70. The molecule has 3 rings (SSSR count). The Morgan fingerprint density at radius 3 is 2.95 bits per heavy atom. The summed E-state index contributed by atoms with van der Waals surface area (Å²) in [6.45, 7) is 6.30. The fourth-order valence-electron chi connectivity index (χ4n) is 2.60. The minimum absolute atomic E-state index is 0.497. The zero-order valence-corrected chi connectivity index (χ0v) is 12.0. The van der Waals surface area contributed by atoms with Gasteiger partial charge in [-0.2, -0.15) is 0 Å². The van der Waals surface area contributed by atoms with E-state index in [-0.39, 0.29) is 0 Å². The summed E-state index contributed by atoms with van der Waals surface area (Å²) in [6.07, 6.45) is 1.05. The maximum absolute atomic E-state index is 5.68. The Balaban J connectivity index is 1.59. The van der Waals surface area contributed by atoms with Crippen molar-refractivity contribution < 1.29 is 9.15 Å². The predicted octanol–water partition coefficient (Wildman–Crippen LogP) is 2.95. The quantitative estimate of drug-likeness (QED) is 0.929. The molecular formula is C16H20N2O2. The molecule has 0 radical (unpaired) electrons. The molecule has 1 atom stereocenters. The maximum atomic E-state index is 5.68. The number of aryl methyl sites for hydroxylation is 2. The molecule has 1 N–H and O–H groups in total. The van der Waals surface area contributed by atoms with Crippen molar-refractivity contribution in [2.45, 2.75) is 32.7 Å². The van der Waals surface area contributed by atoms with Crippen LogP contribution in [0.2, 0.25) is 0 Å². The molecule has 1 aromatic heterocycles. The first-order valence-corrected chi connectivity index (χ1v) is 7.09. The smallest absolute Gasteiger partial charge is 0.208 e. The second kappa shape index (κ2) is 5.67. The Morgan fingerprint density at radius 2 is 2.15 bits per heavy atom. The second-order valence-electron chi connectivity index (χ2n) is 5.25. The lowest BCUT2D eigenvalue weighted by Gasteiger charge is -2.25. The molecule has 0 bridgehead atoms. The average molecular weight is 272 g/mol. The zero-order chi connectivity index (χ0) is 13.9. The Bertz CT molecular complexity index is 572. The number of hydrogen-bond donors (Lipinski definition) is 1. The highest BCUT2D eigenvalue weighted by atomic mass is 16.5. The van der Waals surface area contributed by atoms with Crippen LogP contribution >= 0.6 is 0 Å². The Labute approximate surface area is 119 Å². The van der Waals surface area contributed by atoms with Crippen LogP contribution in [-0.4, -0.2) is 18.1 Å². The molecule has 0 amide bonds. The summed E-state index contributed by atoms with van der Waals surface area (Å²) in [5.74, 6) is 3.18. The molecule has 1 aromatic carbocycles. The van der Waals surface area contributed by atoms with Crippen molar-refractivity contribution in [1.82, 2.24) is 10.3 Å².